The van der Waals surface area contributed by atoms with Crippen LogP contribution >= 0.6 is 0 Å². The van der Waals surface area contributed by atoms with E-state index in [2.05, 4.69) is 35.1 Å². The van der Waals surface area contributed by atoms with Crippen molar-refractivity contribution in [3.05, 3.63) is 0 Å². The maximum absolute atomic E-state index is 14.8. The summed E-state index contributed by atoms with van der Waals surface area (Å²) in [5, 5.41) is 11.8. The van der Waals surface area contributed by atoms with Crippen LogP contribution in [0, 0.1) is 29.1 Å². The van der Waals surface area contributed by atoms with E-state index in [4.69, 9.17) is 0 Å². The Hall–Kier alpha value is -2.70. The van der Waals surface area contributed by atoms with E-state index >= 15 is 0 Å². The highest BCUT2D eigenvalue weighted by atomic mass is 32.2. The molecule has 5 amide bonds. The number of carbonyl (C=O) groups is 5. The van der Waals surface area contributed by atoms with Crippen molar-refractivity contribution in [3.8, 4) is 0 Å². The summed E-state index contributed by atoms with van der Waals surface area (Å²) in [6.45, 7) is 9.61. The van der Waals surface area contributed by atoms with Crippen molar-refractivity contribution in [2.45, 2.75) is 172 Å². The molecule has 6 fully saturated rings. The Kier molecular flexibility index (Phi) is 11.1. The van der Waals surface area contributed by atoms with Gasteiger partial charge >= 0.3 is 6.03 Å². The molecular weight excluding hydrogens is 683 g/mol. The summed E-state index contributed by atoms with van der Waals surface area (Å²) in [5.74, 6) is -1.81. The topological polar surface area (TPSA) is 171 Å². The van der Waals surface area contributed by atoms with Crippen molar-refractivity contribution >= 4 is 39.4 Å². The number of carbonyl (C=O) groups excluding carboxylic acids is 5. The van der Waals surface area contributed by atoms with E-state index in [1.807, 2.05) is 0 Å². The van der Waals surface area contributed by atoms with Gasteiger partial charge in [-0.05, 0) is 101 Å². The molecule has 1 unspecified atom stereocenters. The lowest BCUT2D eigenvalue weighted by Gasteiger charge is -2.41. The van der Waals surface area contributed by atoms with Crippen molar-refractivity contribution in [1.82, 2.24) is 26.2 Å². The van der Waals surface area contributed by atoms with Crippen LogP contribution in [0.15, 0.2) is 0 Å². The summed E-state index contributed by atoms with van der Waals surface area (Å²) in [6.07, 6.45) is 13.1. The van der Waals surface area contributed by atoms with E-state index in [0.29, 0.717) is 31.7 Å². The summed E-state index contributed by atoms with van der Waals surface area (Å²) < 4.78 is 25.9. The Morgan fingerprint density at radius 1 is 0.846 bits per heavy atom. The molecule has 1 saturated heterocycles. The van der Waals surface area contributed by atoms with E-state index < -0.39 is 61.9 Å². The lowest BCUT2D eigenvalue weighted by atomic mass is 9.82. The number of amides is 5. The molecule has 6 aliphatic rings. The molecule has 0 spiro atoms. The zero-order chi connectivity index (χ0) is 37.6. The lowest BCUT2D eigenvalue weighted by Crippen LogP contribution is -2.63. The molecule has 5 saturated carbocycles. The van der Waals surface area contributed by atoms with Crippen molar-refractivity contribution < 1.29 is 32.4 Å². The first-order valence-electron chi connectivity index (χ1n) is 20.2. The number of urea groups is 1. The monoisotopic (exact) mass is 745 g/mol. The number of hydrogen-bond donors (Lipinski definition) is 4. The van der Waals surface area contributed by atoms with E-state index in [1.165, 1.54) is 0 Å². The third-order valence-electron chi connectivity index (χ3n) is 13.4. The second-order valence-electron chi connectivity index (χ2n) is 18.8. The van der Waals surface area contributed by atoms with Crippen LogP contribution in [-0.4, -0.2) is 89.6 Å². The minimum Gasteiger partial charge on any atom is -0.347 e. The number of sulfone groups is 1. The summed E-state index contributed by atoms with van der Waals surface area (Å²) in [5.41, 5.74) is -1.10. The van der Waals surface area contributed by atoms with Crippen LogP contribution in [0.4, 0.5) is 4.79 Å². The standard InChI is InChI=1S/C39H63N5O7S/c1-37(2,3)52(50,51)23-39(20-10-7-11-21-39)43-36(49)42-30(25-12-8-6-9-13-25)35(48)44-22-27-29(38(27,4)5)31(44)33(46)41-28(19-16-24-14-15-24)32(45)34(47)40-26-17-18-26/h24-31H,6-23H2,1-5H3,(H,40,47)(H,41,46)(H2,42,43,49)/t27-,28?,29-,30-,31-/m0/s1. The predicted molar refractivity (Wildman–Crippen MR) is 198 cm³/mol. The fourth-order valence-electron chi connectivity index (χ4n) is 9.35. The van der Waals surface area contributed by atoms with Crippen LogP contribution in [0.3, 0.4) is 0 Å². The fraction of sp³-hybridized carbons (Fsp3) is 0.872. The van der Waals surface area contributed by atoms with Gasteiger partial charge in [-0.15, -0.1) is 0 Å². The number of hydrogen-bond acceptors (Lipinski definition) is 7. The summed E-state index contributed by atoms with van der Waals surface area (Å²) in [4.78, 5) is 70.9. The van der Waals surface area contributed by atoms with Crippen LogP contribution in [0.1, 0.15) is 137 Å². The van der Waals surface area contributed by atoms with Crippen LogP contribution in [0.2, 0.25) is 0 Å². The van der Waals surface area contributed by atoms with Gasteiger partial charge in [0.15, 0.2) is 9.84 Å². The van der Waals surface area contributed by atoms with E-state index in [1.54, 1.807) is 25.7 Å². The second kappa shape index (κ2) is 14.9. The van der Waals surface area contributed by atoms with E-state index in [9.17, 15) is 32.4 Å². The maximum atomic E-state index is 14.8. The summed E-state index contributed by atoms with van der Waals surface area (Å²) in [6, 6.07) is -3.20. The number of nitrogens with one attached hydrogen (secondary N) is 4. The minimum atomic E-state index is -3.55. The van der Waals surface area contributed by atoms with Gasteiger partial charge in [-0.25, -0.2) is 13.2 Å². The molecule has 1 heterocycles. The van der Waals surface area contributed by atoms with Crippen molar-refractivity contribution in [2.75, 3.05) is 12.3 Å². The van der Waals surface area contributed by atoms with Crippen LogP contribution in [0.5, 0.6) is 0 Å². The zero-order valence-electron chi connectivity index (χ0n) is 32.1. The third-order valence-corrected chi connectivity index (χ3v) is 16.2. The number of Topliss-reactive ketones (excluding diaryl/α,β-unsaturated/α-hetero) is 1. The van der Waals surface area contributed by atoms with Crippen molar-refractivity contribution in [2.24, 2.45) is 29.1 Å². The summed E-state index contributed by atoms with van der Waals surface area (Å²) in [7, 11) is -3.55. The number of fused-ring (bicyclic) bond motifs is 1. The SMILES string of the molecule is CC1(C)[C@@H]2[C@@H](C(=O)NC(CCC3CC3)C(=O)C(=O)NC3CC3)N(C(=O)[C@@H](NC(=O)NC3(CS(=O)(=O)C(C)(C)C)CCCCC3)C3CCCCC3)C[C@@H]21. The smallest absolute Gasteiger partial charge is 0.315 e. The Balaban J connectivity index is 1.21. The number of ketones is 1. The molecule has 0 aromatic heterocycles. The molecule has 52 heavy (non-hydrogen) atoms. The molecule has 13 heteroatoms. The van der Waals surface area contributed by atoms with Gasteiger partial charge in [0.2, 0.25) is 17.6 Å². The number of nitrogens with zero attached hydrogens (tertiary/aromatic N) is 1. The average Bonchev–Trinajstić information content (AvgIpc) is 4.04. The molecule has 4 N–H and O–H groups in total. The van der Waals surface area contributed by atoms with E-state index in [-0.39, 0.29) is 40.9 Å². The van der Waals surface area contributed by atoms with Gasteiger partial charge in [-0.3, -0.25) is 19.2 Å². The molecule has 5 atom stereocenters. The van der Waals surface area contributed by atoms with Crippen LogP contribution in [-0.2, 0) is 29.0 Å². The van der Waals surface area contributed by atoms with Gasteiger partial charge in [0, 0.05) is 12.6 Å². The van der Waals surface area contributed by atoms with Gasteiger partial charge < -0.3 is 26.2 Å². The third kappa shape index (κ3) is 8.65. The second-order valence-corrected chi connectivity index (χ2v) is 21.5. The Bertz CT molecular complexity index is 1500. The Morgan fingerprint density at radius 2 is 1.48 bits per heavy atom. The zero-order valence-corrected chi connectivity index (χ0v) is 32.9. The van der Waals surface area contributed by atoms with Gasteiger partial charge in [-0.1, -0.05) is 65.2 Å². The molecule has 1 aliphatic heterocycles. The largest absolute Gasteiger partial charge is 0.347 e. The van der Waals surface area contributed by atoms with Crippen LogP contribution < -0.4 is 21.3 Å². The highest BCUT2D eigenvalue weighted by molar-refractivity contribution is 7.92. The molecule has 0 bridgehead atoms. The van der Waals surface area contributed by atoms with Crippen LogP contribution in [0.25, 0.3) is 0 Å². The number of rotatable bonds is 14. The first kappa shape index (κ1) is 39.0. The normalized spacial score (nSPS) is 28.2. The van der Waals surface area contributed by atoms with Gasteiger partial charge in [0.05, 0.1) is 22.1 Å². The molecular formula is C39H63N5O7S. The first-order chi connectivity index (χ1) is 24.4. The van der Waals surface area contributed by atoms with Gasteiger partial charge in [-0.2, -0.15) is 0 Å². The fourth-order valence-corrected chi connectivity index (χ4v) is 10.9. The first-order valence-corrected chi connectivity index (χ1v) is 21.8. The number of likely N-dealkylation sites (tertiary alicyclic amines) is 1. The summed E-state index contributed by atoms with van der Waals surface area (Å²) >= 11 is 0. The van der Waals surface area contributed by atoms with Crippen molar-refractivity contribution in [1.29, 1.82) is 0 Å². The number of piperidine rings is 1. The highest BCUT2D eigenvalue weighted by Crippen LogP contribution is 2.65. The minimum absolute atomic E-state index is 0.0181. The van der Waals surface area contributed by atoms with Gasteiger partial charge in [0.1, 0.15) is 12.1 Å². The Morgan fingerprint density at radius 3 is 2.08 bits per heavy atom. The Labute approximate surface area is 310 Å². The van der Waals surface area contributed by atoms with Crippen molar-refractivity contribution in [3.63, 3.8) is 0 Å². The molecule has 6 rings (SSSR count). The molecule has 12 nitrogen and oxygen atoms in total. The maximum Gasteiger partial charge on any atom is 0.315 e. The molecule has 0 aromatic carbocycles. The quantitative estimate of drug-likeness (QED) is 0.194. The molecule has 292 valence electrons. The van der Waals surface area contributed by atoms with Gasteiger partial charge in [0.25, 0.3) is 5.91 Å². The predicted octanol–water partition coefficient (Wildman–Crippen LogP) is 4.16. The highest BCUT2D eigenvalue weighted by Gasteiger charge is 2.70. The molecule has 0 radical (unpaired) electrons. The molecule has 5 aliphatic carbocycles. The molecule has 0 aromatic rings. The van der Waals surface area contributed by atoms with E-state index in [0.717, 1.165) is 83.5 Å². The average molecular weight is 746 g/mol. The lowest BCUT2D eigenvalue weighted by molar-refractivity contribution is -0.145.